The summed E-state index contributed by atoms with van der Waals surface area (Å²) in [5.41, 5.74) is 1.24. The van der Waals surface area contributed by atoms with Crippen molar-refractivity contribution in [3.63, 3.8) is 0 Å². The summed E-state index contributed by atoms with van der Waals surface area (Å²) in [6.45, 7) is 3.66. The number of hydrogen-bond donors (Lipinski definition) is 2. The summed E-state index contributed by atoms with van der Waals surface area (Å²) >= 11 is 0. The molecule has 0 aliphatic carbocycles. The predicted octanol–water partition coefficient (Wildman–Crippen LogP) is 1.66. The molecule has 0 saturated carbocycles. The van der Waals surface area contributed by atoms with Crippen molar-refractivity contribution in [1.82, 2.24) is 5.32 Å². The third-order valence-electron chi connectivity index (χ3n) is 2.39. The standard InChI is InChI=1S/C13H19NO3/c1-11(13(15)16)17-9-5-8-14-10-12-6-3-2-4-7-12/h2-4,6-7,11,14H,5,8-10H2,1H3,(H,15,16). The van der Waals surface area contributed by atoms with Crippen molar-refractivity contribution in [3.05, 3.63) is 35.9 Å². The Kier molecular flexibility index (Phi) is 6.29. The molecular weight excluding hydrogens is 218 g/mol. The van der Waals surface area contributed by atoms with Crippen LogP contribution in [0.15, 0.2) is 30.3 Å². The van der Waals surface area contributed by atoms with E-state index < -0.39 is 12.1 Å². The van der Waals surface area contributed by atoms with Gasteiger partial charge >= 0.3 is 5.97 Å². The Morgan fingerprint density at radius 1 is 1.41 bits per heavy atom. The van der Waals surface area contributed by atoms with Crippen LogP contribution in [0.4, 0.5) is 0 Å². The van der Waals surface area contributed by atoms with Gasteiger partial charge < -0.3 is 15.2 Å². The first-order valence-corrected chi connectivity index (χ1v) is 5.79. The SMILES string of the molecule is CC(OCCCNCc1ccccc1)C(=O)O. The maximum Gasteiger partial charge on any atom is 0.332 e. The summed E-state index contributed by atoms with van der Waals surface area (Å²) in [6, 6.07) is 10.1. The van der Waals surface area contributed by atoms with E-state index in [1.54, 1.807) is 6.92 Å². The number of nitrogens with one attached hydrogen (secondary N) is 1. The minimum Gasteiger partial charge on any atom is -0.479 e. The third-order valence-corrected chi connectivity index (χ3v) is 2.39. The van der Waals surface area contributed by atoms with E-state index in [1.807, 2.05) is 18.2 Å². The molecule has 0 bridgehead atoms. The number of carbonyl (C=O) groups is 1. The van der Waals surface area contributed by atoms with Gasteiger partial charge in [-0.25, -0.2) is 4.79 Å². The topological polar surface area (TPSA) is 58.6 Å². The molecule has 4 nitrogen and oxygen atoms in total. The Labute approximate surface area is 102 Å². The lowest BCUT2D eigenvalue weighted by atomic mass is 10.2. The monoisotopic (exact) mass is 237 g/mol. The van der Waals surface area contributed by atoms with Crippen LogP contribution in [-0.2, 0) is 16.1 Å². The van der Waals surface area contributed by atoms with E-state index in [0.717, 1.165) is 19.5 Å². The largest absolute Gasteiger partial charge is 0.479 e. The van der Waals surface area contributed by atoms with E-state index in [0.29, 0.717) is 6.61 Å². The average Bonchev–Trinajstić information content (AvgIpc) is 2.34. The summed E-state index contributed by atoms with van der Waals surface area (Å²) in [4.78, 5) is 10.5. The maximum atomic E-state index is 10.5. The van der Waals surface area contributed by atoms with Crippen molar-refractivity contribution in [2.45, 2.75) is 26.0 Å². The van der Waals surface area contributed by atoms with Gasteiger partial charge in [0.05, 0.1) is 0 Å². The van der Waals surface area contributed by atoms with E-state index in [2.05, 4.69) is 17.4 Å². The number of carboxylic acids is 1. The minimum atomic E-state index is -0.915. The zero-order chi connectivity index (χ0) is 12.5. The quantitative estimate of drug-likeness (QED) is 0.675. The molecule has 0 aliphatic heterocycles. The molecule has 1 aromatic rings. The number of aliphatic carboxylic acids is 1. The first kappa shape index (κ1) is 13.7. The van der Waals surface area contributed by atoms with Gasteiger partial charge in [0, 0.05) is 13.2 Å². The van der Waals surface area contributed by atoms with Crippen LogP contribution in [0.1, 0.15) is 18.9 Å². The summed E-state index contributed by atoms with van der Waals surface area (Å²) in [5.74, 6) is -0.915. The lowest BCUT2D eigenvalue weighted by molar-refractivity contribution is -0.149. The lowest BCUT2D eigenvalue weighted by Crippen LogP contribution is -2.22. The summed E-state index contributed by atoms with van der Waals surface area (Å²) in [5, 5.41) is 11.9. The second kappa shape index (κ2) is 7.81. The molecule has 0 aliphatic rings. The van der Waals surface area contributed by atoms with Crippen LogP contribution in [0.3, 0.4) is 0 Å². The Balaban J connectivity index is 2.00. The number of carboxylic acid groups (broad SMARTS) is 1. The number of ether oxygens (including phenoxy) is 1. The smallest absolute Gasteiger partial charge is 0.332 e. The lowest BCUT2D eigenvalue weighted by Gasteiger charge is -2.08. The molecule has 0 radical (unpaired) electrons. The molecule has 0 saturated heterocycles. The summed E-state index contributed by atoms with van der Waals surface area (Å²) < 4.78 is 5.12. The normalized spacial score (nSPS) is 12.3. The van der Waals surface area contributed by atoms with Crippen molar-refractivity contribution < 1.29 is 14.6 Å². The highest BCUT2D eigenvalue weighted by Gasteiger charge is 2.09. The van der Waals surface area contributed by atoms with Gasteiger partial charge in [-0.05, 0) is 25.5 Å². The van der Waals surface area contributed by atoms with Crippen LogP contribution in [0.25, 0.3) is 0 Å². The fourth-order valence-electron chi connectivity index (χ4n) is 1.36. The Bertz CT molecular complexity index is 327. The molecular formula is C13H19NO3. The van der Waals surface area contributed by atoms with Crippen molar-refractivity contribution in [2.24, 2.45) is 0 Å². The van der Waals surface area contributed by atoms with Gasteiger partial charge in [-0.1, -0.05) is 30.3 Å². The predicted molar refractivity (Wildman–Crippen MR) is 65.8 cm³/mol. The highest BCUT2D eigenvalue weighted by Crippen LogP contribution is 1.97. The summed E-state index contributed by atoms with van der Waals surface area (Å²) in [7, 11) is 0. The molecule has 0 spiro atoms. The van der Waals surface area contributed by atoms with Crippen molar-refractivity contribution in [3.8, 4) is 0 Å². The highest BCUT2D eigenvalue weighted by atomic mass is 16.5. The highest BCUT2D eigenvalue weighted by molar-refractivity contribution is 5.71. The molecule has 94 valence electrons. The van der Waals surface area contributed by atoms with Gasteiger partial charge in [-0.2, -0.15) is 0 Å². The molecule has 1 rings (SSSR count). The molecule has 0 aromatic heterocycles. The molecule has 0 heterocycles. The Hall–Kier alpha value is -1.39. The summed E-state index contributed by atoms with van der Waals surface area (Å²) in [6.07, 6.45) is 0.0916. The molecule has 1 aromatic carbocycles. The fourth-order valence-corrected chi connectivity index (χ4v) is 1.36. The second-order valence-electron chi connectivity index (χ2n) is 3.87. The van der Waals surface area contributed by atoms with Gasteiger partial charge in [-0.3, -0.25) is 0 Å². The van der Waals surface area contributed by atoms with E-state index in [9.17, 15) is 4.79 Å². The molecule has 1 unspecified atom stereocenters. The van der Waals surface area contributed by atoms with Gasteiger partial charge in [0.15, 0.2) is 6.10 Å². The third kappa shape index (κ3) is 6.04. The first-order valence-electron chi connectivity index (χ1n) is 5.79. The van der Waals surface area contributed by atoms with Gasteiger partial charge in [0.1, 0.15) is 0 Å². The number of rotatable bonds is 8. The molecule has 0 fully saturated rings. The van der Waals surface area contributed by atoms with Crippen molar-refractivity contribution in [2.75, 3.05) is 13.2 Å². The first-order chi connectivity index (χ1) is 8.20. The van der Waals surface area contributed by atoms with E-state index in [4.69, 9.17) is 9.84 Å². The van der Waals surface area contributed by atoms with E-state index in [-0.39, 0.29) is 0 Å². The second-order valence-corrected chi connectivity index (χ2v) is 3.87. The van der Waals surface area contributed by atoms with Crippen LogP contribution in [-0.4, -0.2) is 30.3 Å². The van der Waals surface area contributed by atoms with Gasteiger partial charge in [-0.15, -0.1) is 0 Å². The maximum absolute atomic E-state index is 10.5. The molecule has 4 heteroatoms. The van der Waals surface area contributed by atoms with Gasteiger partial charge in [0.25, 0.3) is 0 Å². The molecule has 2 N–H and O–H groups in total. The van der Waals surface area contributed by atoms with E-state index >= 15 is 0 Å². The molecule has 17 heavy (non-hydrogen) atoms. The van der Waals surface area contributed by atoms with Crippen LogP contribution in [0, 0.1) is 0 Å². The number of hydrogen-bond acceptors (Lipinski definition) is 3. The zero-order valence-electron chi connectivity index (χ0n) is 10.1. The van der Waals surface area contributed by atoms with Crippen LogP contribution >= 0.6 is 0 Å². The Morgan fingerprint density at radius 2 is 2.12 bits per heavy atom. The Morgan fingerprint density at radius 3 is 2.76 bits per heavy atom. The number of benzene rings is 1. The van der Waals surface area contributed by atoms with Crippen LogP contribution in [0.5, 0.6) is 0 Å². The van der Waals surface area contributed by atoms with Crippen molar-refractivity contribution >= 4 is 5.97 Å². The fraction of sp³-hybridized carbons (Fsp3) is 0.462. The minimum absolute atomic E-state index is 0.468. The van der Waals surface area contributed by atoms with Crippen LogP contribution < -0.4 is 5.32 Å². The van der Waals surface area contributed by atoms with Crippen molar-refractivity contribution in [1.29, 1.82) is 0 Å². The average molecular weight is 237 g/mol. The molecule has 1 atom stereocenters. The van der Waals surface area contributed by atoms with E-state index in [1.165, 1.54) is 5.56 Å². The zero-order valence-corrected chi connectivity index (χ0v) is 10.1. The molecule has 0 amide bonds. The van der Waals surface area contributed by atoms with Crippen LogP contribution in [0.2, 0.25) is 0 Å². The van der Waals surface area contributed by atoms with Gasteiger partial charge in [0.2, 0.25) is 0 Å².